The lowest BCUT2D eigenvalue weighted by Crippen LogP contribution is -2.46. The number of carbonyl (C=O) groups excluding carboxylic acids is 1. The van der Waals surface area contributed by atoms with Gasteiger partial charge in [-0.05, 0) is 0 Å². The summed E-state index contributed by atoms with van der Waals surface area (Å²) >= 11 is 0. The van der Waals surface area contributed by atoms with Crippen molar-refractivity contribution in [1.82, 2.24) is 0 Å². The fourth-order valence-electron chi connectivity index (χ4n) is 0.618. The quantitative estimate of drug-likeness (QED) is 0.223. The molecule has 0 bridgehead atoms. The van der Waals surface area contributed by atoms with Crippen LogP contribution in [0.5, 0.6) is 0 Å². The molecule has 4 atom stereocenters. The second kappa shape index (κ2) is 5.18. The third-order valence-electron chi connectivity index (χ3n) is 1.42. The van der Waals surface area contributed by atoms with Gasteiger partial charge in [-0.15, -0.1) is 0 Å². The summed E-state index contributed by atoms with van der Waals surface area (Å²) in [5.41, 5.74) is 0. The Morgan fingerprint density at radius 3 is 2.08 bits per heavy atom. The van der Waals surface area contributed by atoms with Crippen molar-refractivity contribution in [2.75, 3.05) is 6.61 Å². The van der Waals surface area contributed by atoms with Crippen molar-refractivity contribution in [3.8, 4) is 0 Å². The van der Waals surface area contributed by atoms with E-state index < -0.39 is 31.0 Å². The van der Waals surface area contributed by atoms with Crippen molar-refractivity contribution in [3.63, 3.8) is 0 Å². The topological polar surface area (TPSA) is 118 Å². The van der Waals surface area contributed by atoms with Crippen molar-refractivity contribution in [1.29, 1.82) is 0 Å². The van der Waals surface area contributed by atoms with E-state index in [4.69, 9.17) is 25.5 Å². The second-order valence-corrected chi connectivity index (χ2v) is 2.36. The van der Waals surface area contributed by atoms with E-state index in [1.807, 2.05) is 0 Å². The van der Waals surface area contributed by atoms with Gasteiger partial charge in [-0.25, -0.2) is 0 Å². The summed E-state index contributed by atoms with van der Waals surface area (Å²) in [4.78, 5) is 9.90. The molecule has 0 heterocycles. The van der Waals surface area contributed by atoms with Gasteiger partial charge in [-0.3, -0.25) is 0 Å². The molecule has 0 aromatic heterocycles. The highest BCUT2D eigenvalue weighted by Gasteiger charge is 2.29. The van der Waals surface area contributed by atoms with E-state index in [0.29, 0.717) is 0 Å². The molecule has 0 aromatic carbocycles. The molecule has 0 saturated heterocycles. The number of carbonyl (C=O) groups is 1. The zero-order valence-corrected chi connectivity index (χ0v) is 6.24. The standard InChI is InChI=1S/C6H12O6/c7-1-3(9)5(11)6(12)4(10)2-8/h1,3-6,8-12H,2H2/t3-,4+,5+,6+/m0/s1/i10+2. The van der Waals surface area contributed by atoms with Gasteiger partial charge in [0.15, 0.2) is 6.29 Å². The van der Waals surface area contributed by atoms with Gasteiger partial charge < -0.3 is 30.3 Å². The third-order valence-corrected chi connectivity index (χ3v) is 1.42. The van der Waals surface area contributed by atoms with Crippen LogP contribution in [0, 0.1) is 0 Å². The molecule has 5 N–H and O–H groups in total. The summed E-state index contributed by atoms with van der Waals surface area (Å²) < 4.78 is 0. The maximum absolute atomic E-state index is 9.90. The minimum Gasteiger partial charge on any atom is -0.394 e. The van der Waals surface area contributed by atoms with Gasteiger partial charge in [0.05, 0.1) is 6.61 Å². The van der Waals surface area contributed by atoms with E-state index >= 15 is 0 Å². The Hall–Kier alpha value is -0.530. The molecule has 0 radical (unpaired) electrons. The lowest BCUT2D eigenvalue weighted by Gasteiger charge is -2.22. The lowest BCUT2D eigenvalue weighted by molar-refractivity contribution is -0.136. The van der Waals surface area contributed by atoms with Crippen LogP contribution in [-0.2, 0) is 4.79 Å². The van der Waals surface area contributed by atoms with Crippen LogP contribution in [0.25, 0.3) is 0 Å². The molecule has 0 amide bonds. The molecule has 0 fully saturated rings. The van der Waals surface area contributed by atoms with E-state index in [9.17, 15) is 4.79 Å². The molecule has 0 aromatic rings. The molecule has 0 saturated carbocycles. The van der Waals surface area contributed by atoms with Crippen molar-refractivity contribution < 1.29 is 30.3 Å². The molecule has 6 heteroatoms. The van der Waals surface area contributed by atoms with Crippen LogP contribution in [0.2, 0.25) is 0 Å². The zero-order chi connectivity index (χ0) is 9.72. The smallest absolute Gasteiger partial charge is 0.151 e. The van der Waals surface area contributed by atoms with Gasteiger partial charge in [0.2, 0.25) is 0 Å². The van der Waals surface area contributed by atoms with Crippen LogP contribution < -0.4 is 0 Å². The SMILES string of the molecule is O=C[C@H](O)[C@@H](O)[C@H](O)[C@H]([18OH])CO. The van der Waals surface area contributed by atoms with Gasteiger partial charge in [0.25, 0.3) is 0 Å². The van der Waals surface area contributed by atoms with Crippen molar-refractivity contribution in [3.05, 3.63) is 0 Å². The summed E-state index contributed by atoms with van der Waals surface area (Å²) in [5.74, 6) is 0. The molecule has 0 aliphatic carbocycles. The Bertz CT molecular complexity index is 138. The van der Waals surface area contributed by atoms with Gasteiger partial charge in [-0.2, -0.15) is 0 Å². The molecule has 0 unspecified atom stereocenters. The summed E-state index contributed by atoms with van der Waals surface area (Å²) in [5, 5.41) is 43.5. The molecule has 0 aliphatic heterocycles. The van der Waals surface area contributed by atoms with Gasteiger partial charge in [0.1, 0.15) is 24.4 Å². The van der Waals surface area contributed by atoms with E-state index in [1.54, 1.807) is 0 Å². The first-order chi connectivity index (χ1) is 5.54. The molecule has 6 nitrogen and oxygen atoms in total. The number of hydrogen-bond donors (Lipinski definition) is 5. The average Bonchev–Trinajstić information content (AvgIpc) is 2.12. The van der Waals surface area contributed by atoms with E-state index in [-0.39, 0.29) is 6.29 Å². The predicted molar refractivity (Wildman–Crippen MR) is 37.2 cm³/mol. The van der Waals surface area contributed by atoms with Crippen LogP contribution in [0.1, 0.15) is 0 Å². The lowest BCUT2D eigenvalue weighted by atomic mass is 10.1. The first-order valence-electron chi connectivity index (χ1n) is 3.33. The predicted octanol–water partition coefficient (Wildman–Crippen LogP) is -3.38. The maximum Gasteiger partial charge on any atom is 0.151 e. The van der Waals surface area contributed by atoms with Gasteiger partial charge >= 0.3 is 0 Å². The van der Waals surface area contributed by atoms with Crippen LogP contribution in [0.15, 0.2) is 0 Å². The normalized spacial score (nSPS) is 21.1. The summed E-state index contributed by atoms with van der Waals surface area (Å²) in [6.45, 7) is -0.760. The number of aliphatic hydroxyl groups excluding tert-OH is 5. The molecule has 72 valence electrons. The van der Waals surface area contributed by atoms with E-state index in [1.165, 1.54) is 0 Å². The molecular formula is C6H12O6. The number of aldehydes is 1. The van der Waals surface area contributed by atoms with Crippen molar-refractivity contribution in [2.24, 2.45) is 0 Å². The Labute approximate surface area is 68.7 Å². The Morgan fingerprint density at radius 2 is 1.75 bits per heavy atom. The minimum atomic E-state index is -1.79. The van der Waals surface area contributed by atoms with Crippen molar-refractivity contribution in [2.45, 2.75) is 24.4 Å². The van der Waals surface area contributed by atoms with Crippen LogP contribution >= 0.6 is 0 Å². The zero-order valence-electron chi connectivity index (χ0n) is 6.24. The third kappa shape index (κ3) is 2.84. The molecule has 0 rings (SSSR count). The van der Waals surface area contributed by atoms with E-state index in [0.717, 1.165) is 0 Å². The van der Waals surface area contributed by atoms with Gasteiger partial charge in [0, 0.05) is 0 Å². The second-order valence-electron chi connectivity index (χ2n) is 2.36. The molecule has 12 heavy (non-hydrogen) atoms. The highest BCUT2D eigenvalue weighted by atomic mass is 18.2. The largest absolute Gasteiger partial charge is 0.394 e. The highest BCUT2D eigenvalue weighted by molar-refractivity contribution is 5.56. The summed E-state index contributed by atoms with van der Waals surface area (Å²) in [6.07, 6.45) is -6.84. The number of aliphatic hydroxyl groups is 5. The molecule has 0 spiro atoms. The Balaban J connectivity index is 4.07. The minimum absolute atomic E-state index is 0.0258. The number of hydrogen-bond acceptors (Lipinski definition) is 6. The summed E-state index contributed by atoms with van der Waals surface area (Å²) in [7, 11) is 0. The fraction of sp³-hybridized carbons (Fsp3) is 0.833. The highest BCUT2D eigenvalue weighted by Crippen LogP contribution is 2.02. The first kappa shape index (κ1) is 11.5. The Kier molecular flexibility index (Phi) is 4.95. The first-order valence-corrected chi connectivity index (χ1v) is 3.33. The fourth-order valence-corrected chi connectivity index (χ4v) is 0.618. The molecular weight excluding hydrogens is 170 g/mol. The van der Waals surface area contributed by atoms with Crippen LogP contribution in [-0.4, -0.2) is 62.8 Å². The van der Waals surface area contributed by atoms with Crippen molar-refractivity contribution >= 4 is 6.29 Å². The monoisotopic (exact) mass is 182 g/mol. The molecule has 0 aliphatic rings. The van der Waals surface area contributed by atoms with E-state index in [2.05, 4.69) is 0 Å². The number of rotatable bonds is 5. The average molecular weight is 182 g/mol. The summed E-state index contributed by atoms with van der Waals surface area (Å²) in [6, 6.07) is 0. The Morgan fingerprint density at radius 1 is 1.25 bits per heavy atom. The maximum atomic E-state index is 9.90. The van der Waals surface area contributed by atoms with Crippen LogP contribution in [0.3, 0.4) is 0 Å². The van der Waals surface area contributed by atoms with Gasteiger partial charge in [-0.1, -0.05) is 0 Å². The van der Waals surface area contributed by atoms with Crippen LogP contribution in [0.4, 0.5) is 0 Å².